The second kappa shape index (κ2) is 7.47. The largest absolute Gasteiger partial charge is 0.495 e. The summed E-state index contributed by atoms with van der Waals surface area (Å²) in [6, 6.07) is 6.20. The van der Waals surface area contributed by atoms with E-state index in [1.54, 1.807) is 7.11 Å². The first-order chi connectivity index (χ1) is 13.1. The number of hydrogen-bond acceptors (Lipinski definition) is 7. The van der Waals surface area contributed by atoms with Crippen molar-refractivity contribution in [2.24, 2.45) is 0 Å². The lowest BCUT2D eigenvalue weighted by Gasteiger charge is -2.46. The highest BCUT2D eigenvalue weighted by Gasteiger charge is 2.37. The van der Waals surface area contributed by atoms with Crippen molar-refractivity contribution in [3.05, 3.63) is 30.1 Å². The maximum atomic E-state index is 6.41. The summed E-state index contributed by atoms with van der Waals surface area (Å²) in [4.78, 5) is 8.73. The van der Waals surface area contributed by atoms with Crippen LogP contribution in [-0.4, -0.2) is 34.2 Å². The fourth-order valence-corrected chi connectivity index (χ4v) is 4.27. The van der Waals surface area contributed by atoms with E-state index in [0.717, 1.165) is 29.8 Å². The minimum absolute atomic E-state index is 0.0389. The number of methoxy groups -OCH3 is 1. The number of nitrogens with two attached hydrogens (primary N) is 1. The Balaban J connectivity index is 1.83. The van der Waals surface area contributed by atoms with Gasteiger partial charge in [-0.2, -0.15) is 0 Å². The molecule has 1 saturated heterocycles. The van der Waals surface area contributed by atoms with E-state index < -0.39 is 0 Å². The first-order valence-corrected chi connectivity index (χ1v) is 9.66. The smallest absolute Gasteiger partial charge is 0.159 e. The Kier molecular flexibility index (Phi) is 5.39. The standard InChI is InChI=1S/C21H32N6O/c1-13-7-8-16(28-6)15(9-13)26-19-17(22)18(23-12-24-19)25-14-10-20(2,3)27-21(4,5)11-14/h7-9,12,14,27H,10-11,22H2,1-6H3,(H2,23,24,25,26). The number of rotatable bonds is 5. The number of ether oxygens (including phenoxy) is 1. The quantitative estimate of drug-likeness (QED) is 0.622. The molecule has 1 aliphatic heterocycles. The first kappa shape index (κ1) is 20.2. The number of nitrogens with one attached hydrogen (secondary N) is 3. The summed E-state index contributed by atoms with van der Waals surface area (Å²) in [5.74, 6) is 1.96. The summed E-state index contributed by atoms with van der Waals surface area (Å²) >= 11 is 0. The van der Waals surface area contributed by atoms with Gasteiger partial charge < -0.3 is 26.4 Å². The van der Waals surface area contributed by atoms with Crippen LogP contribution in [0.1, 0.15) is 46.1 Å². The molecule has 7 heteroatoms. The number of nitrogens with zero attached hydrogens (tertiary/aromatic N) is 2. The average molecular weight is 385 g/mol. The van der Waals surface area contributed by atoms with Crippen molar-refractivity contribution in [2.45, 2.75) is 64.6 Å². The Bertz CT molecular complexity index is 833. The monoisotopic (exact) mass is 384 g/mol. The minimum Gasteiger partial charge on any atom is -0.495 e. The summed E-state index contributed by atoms with van der Waals surface area (Å²) in [6.45, 7) is 10.9. The number of aromatic nitrogens is 2. The maximum Gasteiger partial charge on any atom is 0.159 e. The highest BCUT2D eigenvalue weighted by Crippen LogP contribution is 2.34. The van der Waals surface area contributed by atoms with E-state index >= 15 is 0 Å². The van der Waals surface area contributed by atoms with Gasteiger partial charge in [-0.25, -0.2) is 9.97 Å². The van der Waals surface area contributed by atoms with Crippen LogP contribution in [0.25, 0.3) is 0 Å². The Labute approximate surface area is 167 Å². The Morgan fingerprint density at radius 1 is 1.11 bits per heavy atom. The van der Waals surface area contributed by atoms with Gasteiger partial charge in [0, 0.05) is 17.1 Å². The molecule has 152 valence electrons. The third kappa shape index (κ3) is 4.65. The summed E-state index contributed by atoms with van der Waals surface area (Å²) in [5, 5.41) is 10.5. The van der Waals surface area contributed by atoms with Crippen molar-refractivity contribution in [1.82, 2.24) is 15.3 Å². The number of hydrogen-bond donors (Lipinski definition) is 4. The molecule has 2 heterocycles. The summed E-state index contributed by atoms with van der Waals surface area (Å²) < 4.78 is 5.44. The van der Waals surface area contributed by atoms with Crippen molar-refractivity contribution in [3.63, 3.8) is 0 Å². The van der Waals surface area contributed by atoms with E-state index in [1.165, 1.54) is 6.33 Å². The zero-order valence-corrected chi connectivity index (χ0v) is 17.7. The molecule has 0 unspecified atom stereocenters. The number of aryl methyl sites for hydroxylation is 1. The van der Waals surface area contributed by atoms with Crippen LogP contribution in [0.15, 0.2) is 24.5 Å². The highest BCUT2D eigenvalue weighted by atomic mass is 16.5. The molecule has 0 radical (unpaired) electrons. The van der Waals surface area contributed by atoms with Crippen LogP contribution in [0.4, 0.5) is 23.0 Å². The maximum absolute atomic E-state index is 6.41. The lowest BCUT2D eigenvalue weighted by atomic mass is 9.79. The number of anilines is 4. The molecule has 0 saturated carbocycles. The van der Waals surface area contributed by atoms with Gasteiger partial charge >= 0.3 is 0 Å². The molecule has 7 nitrogen and oxygen atoms in total. The Morgan fingerprint density at radius 2 is 1.75 bits per heavy atom. The molecule has 28 heavy (non-hydrogen) atoms. The molecule has 3 rings (SSSR count). The van der Waals surface area contributed by atoms with E-state index in [1.807, 2.05) is 25.1 Å². The van der Waals surface area contributed by atoms with E-state index in [9.17, 15) is 0 Å². The minimum atomic E-state index is 0.0389. The fraction of sp³-hybridized carbons (Fsp3) is 0.524. The van der Waals surface area contributed by atoms with Crippen LogP contribution in [0.3, 0.4) is 0 Å². The molecule has 1 fully saturated rings. The molecule has 1 aliphatic rings. The predicted octanol–water partition coefficient (Wildman–Crippen LogP) is 3.84. The summed E-state index contributed by atoms with van der Waals surface area (Å²) in [7, 11) is 1.65. The lowest BCUT2D eigenvalue weighted by Crippen LogP contribution is -2.60. The molecule has 0 atom stereocenters. The van der Waals surface area contributed by atoms with Gasteiger partial charge in [-0.1, -0.05) is 6.07 Å². The molecule has 0 aliphatic carbocycles. The summed E-state index contributed by atoms with van der Waals surface area (Å²) in [6.07, 6.45) is 3.49. The second-order valence-electron chi connectivity index (χ2n) is 8.96. The van der Waals surface area contributed by atoms with Gasteiger partial charge in [0.15, 0.2) is 11.6 Å². The van der Waals surface area contributed by atoms with Crippen molar-refractivity contribution >= 4 is 23.0 Å². The van der Waals surface area contributed by atoms with E-state index in [0.29, 0.717) is 17.3 Å². The van der Waals surface area contributed by atoms with Gasteiger partial charge in [0.25, 0.3) is 0 Å². The molecule has 2 aromatic rings. The van der Waals surface area contributed by atoms with Crippen LogP contribution in [0, 0.1) is 6.92 Å². The molecular weight excluding hydrogens is 352 g/mol. The first-order valence-electron chi connectivity index (χ1n) is 9.66. The van der Waals surface area contributed by atoms with Crippen LogP contribution in [0.5, 0.6) is 5.75 Å². The topological polar surface area (TPSA) is 97.1 Å². The van der Waals surface area contributed by atoms with Crippen molar-refractivity contribution in [1.29, 1.82) is 0 Å². The normalized spacial score (nSPS) is 18.5. The van der Waals surface area contributed by atoms with Gasteiger partial charge in [0.1, 0.15) is 17.8 Å². The molecule has 5 N–H and O–H groups in total. The van der Waals surface area contributed by atoms with E-state index in [-0.39, 0.29) is 17.1 Å². The van der Waals surface area contributed by atoms with Gasteiger partial charge in [-0.15, -0.1) is 0 Å². The predicted molar refractivity (Wildman–Crippen MR) is 115 cm³/mol. The van der Waals surface area contributed by atoms with Crippen LogP contribution >= 0.6 is 0 Å². The Morgan fingerprint density at radius 3 is 2.39 bits per heavy atom. The summed E-state index contributed by atoms with van der Waals surface area (Å²) in [5.41, 5.74) is 8.93. The number of benzene rings is 1. The second-order valence-corrected chi connectivity index (χ2v) is 8.96. The van der Waals surface area contributed by atoms with Crippen LogP contribution < -0.4 is 26.4 Å². The van der Waals surface area contributed by atoms with Gasteiger partial charge in [-0.05, 0) is 65.2 Å². The fourth-order valence-electron chi connectivity index (χ4n) is 4.27. The average Bonchev–Trinajstić information content (AvgIpc) is 2.56. The van der Waals surface area contributed by atoms with Gasteiger partial charge in [-0.3, -0.25) is 0 Å². The van der Waals surface area contributed by atoms with Crippen molar-refractivity contribution in [2.75, 3.05) is 23.5 Å². The van der Waals surface area contributed by atoms with E-state index in [2.05, 4.69) is 53.6 Å². The molecule has 0 bridgehead atoms. The molecule has 0 spiro atoms. The third-order valence-electron chi connectivity index (χ3n) is 5.02. The van der Waals surface area contributed by atoms with Crippen molar-refractivity contribution in [3.8, 4) is 5.75 Å². The SMILES string of the molecule is COc1ccc(C)cc1Nc1ncnc(NC2CC(C)(C)NC(C)(C)C2)c1N. The van der Waals surface area contributed by atoms with Gasteiger partial charge in [0.05, 0.1) is 12.8 Å². The zero-order chi connectivity index (χ0) is 20.5. The van der Waals surface area contributed by atoms with Crippen LogP contribution in [-0.2, 0) is 0 Å². The highest BCUT2D eigenvalue weighted by molar-refractivity contribution is 5.79. The van der Waals surface area contributed by atoms with E-state index in [4.69, 9.17) is 10.5 Å². The molecule has 1 aromatic heterocycles. The molecular formula is C21H32N6O. The molecule has 1 aromatic carbocycles. The zero-order valence-electron chi connectivity index (χ0n) is 17.7. The Hall–Kier alpha value is -2.54. The number of nitrogen functional groups attached to an aromatic ring is 1. The van der Waals surface area contributed by atoms with Crippen LogP contribution in [0.2, 0.25) is 0 Å². The third-order valence-corrected chi connectivity index (χ3v) is 5.02. The molecule has 0 amide bonds. The van der Waals surface area contributed by atoms with Crippen molar-refractivity contribution < 1.29 is 4.74 Å². The lowest BCUT2D eigenvalue weighted by molar-refractivity contribution is 0.170. The number of piperidine rings is 1. The van der Waals surface area contributed by atoms with Gasteiger partial charge in [0.2, 0.25) is 0 Å².